The average Bonchev–Trinajstić information content (AvgIpc) is 3.45. The van der Waals surface area contributed by atoms with Gasteiger partial charge in [-0.05, 0) is 78.2 Å². The van der Waals surface area contributed by atoms with E-state index in [1.54, 1.807) is 0 Å². The summed E-state index contributed by atoms with van der Waals surface area (Å²) in [4.78, 5) is 8.48. The number of rotatable bonds is 4. The predicted octanol–water partition coefficient (Wildman–Crippen LogP) is 4.57. The Hall–Kier alpha value is -2.15. The maximum atomic E-state index is 9.89. The van der Waals surface area contributed by atoms with Crippen LogP contribution in [0.1, 0.15) is 88.0 Å². The van der Waals surface area contributed by atoms with Crippen molar-refractivity contribution in [2.75, 3.05) is 6.54 Å². The standard InChI is InChI=1S/C27H39N5O/c1-5-16-12-19(33)7-9-20(16)17-6-8-21-22(13-17)31-32-25(21)26-29-15-23(30-26)18-10-11-28-24(14-18)27(2,3)4/h7,9-10,12,15,17,21-22,24-25,28,31-33H,5-6,8,11,13-14H2,1-4H3,(H,29,30). The first-order chi connectivity index (χ1) is 15.8. The first-order valence-electron chi connectivity index (χ1n) is 12.6. The first-order valence-corrected chi connectivity index (χ1v) is 12.6. The van der Waals surface area contributed by atoms with Crippen LogP contribution in [0.4, 0.5) is 0 Å². The SMILES string of the molecule is CCc1cc(O)ccc1C1CCC2C(C1)NNC2c1ncc(C2=CCNC(C(C)(C)C)C2)[nH]1. The van der Waals surface area contributed by atoms with Crippen LogP contribution < -0.4 is 16.2 Å². The third-order valence-corrected chi connectivity index (χ3v) is 8.12. The Balaban J connectivity index is 1.28. The van der Waals surface area contributed by atoms with Gasteiger partial charge in [0.1, 0.15) is 11.6 Å². The van der Waals surface area contributed by atoms with E-state index in [-0.39, 0.29) is 11.5 Å². The molecule has 2 fully saturated rings. The van der Waals surface area contributed by atoms with E-state index in [4.69, 9.17) is 4.98 Å². The van der Waals surface area contributed by atoms with Crippen molar-refractivity contribution in [3.8, 4) is 5.75 Å². The van der Waals surface area contributed by atoms with Gasteiger partial charge >= 0.3 is 0 Å². The van der Waals surface area contributed by atoms with Gasteiger partial charge in [-0.15, -0.1) is 0 Å². The number of aromatic amines is 1. The number of fused-ring (bicyclic) bond motifs is 1. The van der Waals surface area contributed by atoms with Crippen LogP contribution in [0.2, 0.25) is 0 Å². The summed E-state index contributed by atoms with van der Waals surface area (Å²) in [7, 11) is 0. The number of hydrogen-bond acceptors (Lipinski definition) is 5. The lowest BCUT2D eigenvalue weighted by Crippen LogP contribution is -2.42. The summed E-state index contributed by atoms with van der Waals surface area (Å²) < 4.78 is 0. The van der Waals surface area contributed by atoms with Gasteiger partial charge in [-0.3, -0.25) is 5.43 Å². The van der Waals surface area contributed by atoms with Crippen LogP contribution in [0.5, 0.6) is 5.75 Å². The van der Waals surface area contributed by atoms with Crippen molar-refractivity contribution in [3.05, 3.63) is 53.1 Å². The molecule has 2 aromatic rings. The molecule has 0 amide bonds. The summed E-state index contributed by atoms with van der Waals surface area (Å²) in [5, 5.41) is 13.5. The molecule has 0 radical (unpaired) electrons. The molecule has 3 aliphatic rings. The first kappa shape index (κ1) is 22.6. The van der Waals surface area contributed by atoms with E-state index < -0.39 is 0 Å². The minimum absolute atomic E-state index is 0.218. The molecule has 5 atom stereocenters. The van der Waals surface area contributed by atoms with E-state index in [1.807, 2.05) is 18.3 Å². The molecule has 0 bridgehead atoms. The summed E-state index contributed by atoms with van der Waals surface area (Å²) in [6.45, 7) is 10.00. The lowest BCUT2D eigenvalue weighted by molar-refractivity contribution is 0.274. The van der Waals surface area contributed by atoms with E-state index in [1.165, 1.54) is 29.5 Å². The molecule has 1 saturated heterocycles. The Morgan fingerprint density at radius 3 is 2.79 bits per heavy atom. The van der Waals surface area contributed by atoms with Crippen molar-refractivity contribution in [1.82, 2.24) is 26.1 Å². The van der Waals surface area contributed by atoms with E-state index in [0.29, 0.717) is 29.7 Å². The number of benzene rings is 1. The Morgan fingerprint density at radius 2 is 2.00 bits per heavy atom. The smallest absolute Gasteiger partial charge is 0.125 e. The van der Waals surface area contributed by atoms with Crippen molar-refractivity contribution >= 4 is 5.57 Å². The van der Waals surface area contributed by atoms with Crippen LogP contribution in [0.3, 0.4) is 0 Å². The van der Waals surface area contributed by atoms with E-state index >= 15 is 0 Å². The highest BCUT2D eigenvalue weighted by Gasteiger charge is 2.42. The van der Waals surface area contributed by atoms with Gasteiger partial charge in [0.15, 0.2) is 0 Å². The third-order valence-electron chi connectivity index (χ3n) is 8.12. The zero-order chi connectivity index (χ0) is 23.2. The van der Waals surface area contributed by atoms with Crippen molar-refractivity contribution in [2.45, 2.75) is 83.8 Å². The molecule has 178 valence electrons. The highest BCUT2D eigenvalue weighted by molar-refractivity contribution is 5.64. The third kappa shape index (κ3) is 4.48. The molecule has 5 unspecified atom stereocenters. The number of aromatic hydroxyl groups is 1. The quantitative estimate of drug-likeness (QED) is 0.472. The lowest BCUT2D eigenvalue weighted by atomic mass is 9.73. The normalized spacial score (nSPS) is 30.2. The number of hydrazine groups is 1. The minimum Gasteiger partial charge on any atom is -0.508 e. The molecule has 1 aromatic carbocycles. The van der Waals surface area contributed by atoms with Crippen LogP contribution in [-0.4, -0.2) is 33.7 Å². The van der Waals surface area contributed by atoms with E-state index in [2.05, 4.69) is 61.0 Å². The molecule has 1 aromatic heterocycles. The Labute approximate surface area is 197 Å². The highest BCUT2D eigenvalue weighted by atomic mass is 16.3. The van der Waals surface area contributed by atoms with Crippen LogP contribution in [-0.2, 0) is 6.42 Å². The van der Waals surface area contributed by atoms with Gasteiger partial charge in [0.25, 0.3) is 0 Å². The van der Waals surface area contributed by atoms with Gasteiger partial charge < -0.3 is 15.4 Å². The molecule has 1 saturated carbocycles. The second-order valence-corrected chi connectivity index (χ2v) is 11.2. The minimum atomic E-state index is 0.218. The van der Waals surface area contributed by atoms with E-state index in [9.17, 15) is 5.11 Å². The molecule has 5 N–H and O–H groups in total. The molecule has 33 heavy (non-hydrogen) atoms. The predicted molar refractivity (Wildman–Crippen MR) is 133 cm³/mol. The zero-order valence-corrected chi connectivity index (χ0v) is 20.4. The summed E-state index contributed by atoms with van der Waals surface area (Å²) >= 11 is 0. The number of hydrogen-bond donors (Lipinski definition) is 5. The maximum absolute atomic E-state index is 9.89. The fraction of sp³-hybridized carbons (Fsp3) is 0.593. The molecule has 3 heterocycles. The molecular formula is C27H39N5O. The molecule has 2 aliphatic heterocycles. The van der Waals surface area contributed by atoms with Crippen molar-refractivity contribution in [1.29, 1.82) is 0 Å². The summed E-state index contributed by atoms with van der Waals surface area (Å²) in [5.74, 6) is 2.49. The van der Waals surface area contributed by atoms with Gasteiger partial charge in [0, 0.05) is 18.6 Å². The van der Waals surface area contributed by atoms with Gasteiger partial charge in [-0.2, -0.15) is 0 Å². The van der Waals surface area contributed by atoms with Crippen LogP contribution in [0.15, 0.2) is 30.5 Å². The highest BCUT2D eigenvalue weighted by Crippen LogP contribution is 2.44. The van der Waals surface area contributed by atoms with Gasteiger partial charge in [0.2, 0.25) is 0 Å². The summed E-state index contributed by atoms with van der Waals surface area (Å²) in [6, 6.07) is 7.04. The maximum Gasteiger partial charge on any atom is 0.125 e. The van der Waals surface area contributed by atoms with Crippen molar-refractivity contribution in [2.24, 2.45) is 11.3 Å². The van der Waals surface area contributed by atoms with E-state index in [0.717, 1.165) is 37.3 Å². The Morgan fingerprint density at radius 1 is 1.15 bits per heavy atom. The van der Waals surface area contributed by atoms with Gasteiger partial charge in [-0.1, -0.05) is 39.8 Å². The molecule has 6 heteroatoms. The lowest BCUT2D eigenvalue weighted by Gasteiger charge is -2.34. The average molecular weight is 450 g/mol. The largest absolute Gasteiger partial charge is 0.508 e. The summed E-state index contributed by atoms with van der Waals surface area (Å²) in [6.07, 6.45) is 9.77. The molecule has 6 nitrogen and oxygen atoms in total. The second-order valence-electron chi connectivity index (χ2n) is 11.2. The number of phenols is 1. The number of aromatic nitrogens is 2. The number of H-pyrrole nitrogens is 1. The molecular weight excluding hydrogens is 410 g/mol. The Bertz CT molecular complexity index is 1020. The number of nitrogens with zero attached hydrogens (tertiary/aromatic N) is 1. The molecule has 0 spiro atoms. The fourth-order valence-corrected chi connectivity index (χ4v) is 6.10. The fourth-order valence-electron chi connectivity index (χ4n) is 6.10. The van der Waals surface area contributed by atoms with Crippen LogP contribution in [0.25, 0.3) is 5.57 Å². The monoisotopic (exact) mass is 449 g/mol. The molecule has 5 rings (SSSR count). The second kappa shape index (κ2) is 8.90. The number of nitrogens with one attached hydrogen (secondary N) is 4. The topological polar surface area (TPSA) is 85.0 Å². The number of aryl methyl sites for hydroxylation is 1. The molecule has 1 aliphatic carbocycles. The van der Waals surface area contributed by atoms with Crippen LogP contribution >= 0.6 is 0 Å². The van der Waals surface area contributed by atoms with Crippen molar-refractivity contribution in [3.63, 3.8) is 0 Å². The Kier molecular flexibility index (Phi) is 6.10. The van der Waals surface area contributed by atoms with Gasteiger partial charge in [-0.25, -0.2) is 10.4 Å². The number of imidazole rings is 1. The summed E-state index contributed by atoms with van der Waals surface area (Å²) in [5.41, 5.74) is 12.6. The van der Waals surface area contributed by atoms with Crippen molar-refractivity contribution < 1.29 is 5.11 Å². The zero-order valence-electron chi connectivity index (χ0n) is 20.4. The van der Waals surface area contributed by atoms with Crippen LogP contribution in [0, 0.1) is 11.3 Å². The van der Waals surface area contributed by atoms with Gasteiger partial charge in [0.05, 0.1) is 17.9 Å². The number of phenolic OH excluding ortho intramolecular Hbond substituents is 1.